The third kappa shape index (κ3) is 7.79. The number of ether oxygens (including phenoxy) is 6. The molecular formula is C30H44N2O8. The van der Waals surface area contributed by atoms with E-state index in [2.05, 4.69) is 0 Å². The summed E-state index contributed by atoms with van der Waals surface area (Å²) in [4.78, 5) is 27.1. The van der Waals surface area contributed by atoms with Crippen molar-refractivity contribution in [3.8, 4) is 23.0 Å². The van der Waals surface area contributed by atoms with Crippen molar-refractivity contribution in [2.75, 3.05) is 28.4 Å². The number of rotatable bonds is 14. The van der Waals surface area contributed by atoms with Crippen LogP contribution >= 0.6 is 0 Å². The summed E-state index contributed by atoms with van der Waals surface area (Å²) in [5.41, 5.74) is 9.55. The molecule has 4 N–H and O–H groups in total. The Morgan fingerprint density at radius 2 is 1.07 bits per heavy atom. The highest BCUT2D eigenvalue weighted by atomic mass is 16.6. The minimum absolute atomic E-state index is 0.225. The van der Waals surface area contributed by atoms with Crippen molar-refractivity contribution in [3.63, 3.8) is 0 Å². The van der Waals surface area contributed by atoms with Crippen molar-refractivity contribution >= 4 is 11.9 Å². The average molecular weight is 561 g/mol. The molecule has 0 aromatic heterocycles. The third-order valence-corrected chi connectivity index (χ3v) is 6.86. The van der Waals surface area contributed by atoms with Gasteiger partial charge in [-0.05, 0) is 58.4 Å². The van der Waals surface area contributed by atoms with Gasteiger partial charge in [0.05, 0.1) is 34.4 Å². The van der Waals surface area contributed by atoms with Gasteiger partial charge in [0.15, 0.2) is 5.66 Å². The number of hydrogen-bond acceptors (Lipinski definition) is 10. The number of unbranched alkanes of at least 4 members (excludes halogenated alkanes) is 1. The van der Waals surface area contributed by atoms with E-state index in [1.54, 1.807) is 64.1 Å². The second kappa shape index (κ2) is 13.2. The highest BCUT2D eigenvalue weighted by molar-refractivity contribution is 5.88. The van der Waals surface area contributed by atoms with Gasteiger partial charge < -0.3 is 39.9 Å². The van der Waals surface area contributed by atoms with E-state index in [-0.39, 0.29) is 6.42 Å². The maximum atomic E-state index is 13.6. The molecule has 0 spiro atoms. The van der Waals surface area contributed by atoms with Gasteiger partial charge in [-0.2, -0.15) is 0 Å². The lowest BCUT2D eigenvalue weighted by Gasteiger charge is -2.36. The van der Waals surface area contributed by atoms with E-state index in [1.807, 2.05) is 6.92 Å². The third-order valence-electron chi connectivity index (χ3n) is 6.86. The van der Waals surface area contributed by atoms with E-state index in [1.165, 1.54) is 28.4 Å². The lowest BCUT2D eigenvalue weighted by Crippen LogP contribution is -2.65. The van der Waals surface area contributed by atoms with Crippen molar-refractivity contribution in [2.24, 2.45) is 17.4 Å². The molecule has 0 saturated heterocycles. The quantitative estimate of drug-likeness (QED) is 0.252. The van der Waals surface area contributed by atoms with Crippen LogP contribution in [0.4, 0.5) is 0 Å². The van der Waals surface area contributed by atoms with Gasteiger partial charge in [-0.1, -0.05) is 19.8 Å². The molecule has 0 aliphatic carbocycles. The normalized spacial score (nSPS) is 12.8. The molecule has 2 aromatic rings. The van der Waals surface area contributed by atoms with Gasteiger partial charge in [0.2, 0.25) is 0 Å². The molecule has 0 fully saturated rings. The fraction of sp³-hybridized carbons (Fsp3) is 0.533. The summed E-state index contributed by atoms with van der Waals surface area (Å²) in [6.07, 6.45) is 1.57. The second-order valence-corrected chi connectivity index (χ2v) is 10.7. The number of benzene rings is 2. The summed E-state index contributed by atoms with van der Waals surface area (Å²) in [5.74, 6) is -0.735. The average Bonchev–Trinajstić information content (AvgIpc) is 2.91. The van der Waals surface area contributed by atoms with Crippen LogP contribution in [0, 0.1) is 5.92 Å². The summed E-state index contributed by atoms with van der Waals surface area (Å²) in [6, 6.07) is 10.3. The zero-order chi connectivity index (χ0) is 30.3. The number of nitrogens with two attached hydrogens (primary N) is 2. The van der Waals surface area contributed by atoms with Gasteiger partial charge in [0.1, 0.15) is 34.2 Å². The fourth-order valence-corrected chi connectivity index (χ4v) is 4.17. The molecule has 0 bridgehead atoms. The molecule has 0 saturated carbocycles. The molecule has 1 atom stereocenters. The Labute approximate surface area is 237 Å². The van der Waals surface area contributed by atoms with Gasteiger partial charge in [0.25, 0.3) is 0 Å². The first kappa shape index (κ1) is 32.7. The molecule has 0 aliphatic heterocycles. The standard InChI is InChI=1S/C30H44N2O8/c1-10-11-12-25(26(33)39-28(2,3)19-13-21(35-6)17-22(14-19)36-7)30(31,32)27(34)40-29(4,5)20-15-23(37-8)18-24(16-20)38-9/h13-18,25H,10-12,31-32H2,1-9H3. The molecule has 2 rings (SSSR count). The van der Waals surface area contributed by atoms with Gasteiger partial charge in [-0.3, -0.25) is 4.79 Å². The van der Waals surface area contributed by atoms with Crippen molar-refractivity contribution in [3.05, 3.63) is 47.5 Å². The Bertz CT molecular complexity index is 1130. The predicted octanol–water partition coefficient (Wildman–Crippen LogP) is 4.40. The Hall–Kier alpha value is -3.50. The van der Waals surface area contributed by atoms with Crippen LogP contribution in [0.15, 0.2) is 36.4 Å². The number of carbonyl (C=O) groups excluding carboxylic acids is 2. The van der Waals surface area contributed by atoms with Crippen LogP contribution < -0.4 is 30.4 Å². The number of hydrogen-bond donors (Lipinski definition) is 2. The van der Waals surface area contributed by atoms with E-state index in [4.69, 9.17) is 39.9 Å². The van der Waals surface area contributed by atoms with Gasteiger partial charge in [-0.25, -0.2) is 4.79 Å². The highest BCUT2D eigenvalue weighted by Crippen LogP contribution is 2.36. The zero-order valence-electron chi connectivity index (χ0n) is 25.1. The zero-order valence-corrected chi connectivity index (χ0v) is 25.1. The second-order valence-electron chi connectivity index (χ2n) is 10.7. The van der Waals surface area contributed by atoms with Crippen LogP contribution in [0.2, 0.25) is 0 Å². The Morgan fingerprint density at radius 1 is 0.700 bits per heavy atom. The molecule has 0 amide bonds. The monoisotopic (exact) mass is 560 g/mol. The van der Waals surface area contributed by atoms with E-state index in [0.717, 1.165) is 6.42 Å². The van der Waals surface area contributed by atoms with E-state index >= 15 is 0 Å². The van der Waals surface area contributed by atoms with Gasteiger partial charge >= 0.3 is 11.9 Å². The lowest BCUT2D eigenvalue weighted by molar-refractivity contribution is -0.178. The molecule has 0 heterocycles. The smallest absolute Gasteiger partial charge is 0.342 e. The van der Waals surface area contributed by atoms with Crippen LogP contribution in [0.3, 0.4) is 0 Å². The minimum Gasteiger partial charge on any atom is -0.497 e. The van der Waals surface area contributed by atoms with Crippen LogP contribution in [-0.4, -0.2) is 46.0 Å². The summed E-state index contributed by atoms with van der Waals surface area (Å²) < 4.78 is 33.2. The molecule has 222 valence electrons. The van der Waals surface area contributed by atoms with Crippen molar-refractivity contribution in [2.45, 2.75) is 70.7 Å². The molecular weight excluding hydrogens is 516 g/mol. The number of methoxy groups -OCH3 is 4. The van der Waals surface area contributed by atoms with Gasteiger partial charge in [-0.15, -0.1) is 0 Å². The lowest BCUT2D eigenvalue weighted by atomic mass is 9.87. The first-order valence-corrected chi connectivity index (χ1v) is 13.2. The molecule has 40 heavy (non-hydrogen) atoms. The Balaban J connectivity index is 2.37. The highest BCUT2D eigenvalue weighted by Gasteiger charge is 2.48. The SMILES string of the molecule is CCCCC(C(=O)OC(C)(C)c1cc(OC)cc(OC)c1)C(N)(N)C(=O)OC(C)(C)c1cc(OC)cc(OC)c1. The van der Waals surface area contributed by atoms with Crippen LogP contribution in [0.5, 0.6) is 23.0 Å². The minimum atomic E-state index is -2.17. The van der Waals surface area contributed by atoms with Crippen LogP contribution in [-0.2, 0) is 30.3 Å². The molecule has 1 unspecified atom stereocenters. The first-order valence-electron chi connectivity index (χ1n) is 13.2. The fourth-order valence-electron chi connectivity index (χ4n) is 4.17. The summed E-state index contributed by atoms with van der Waals surface area (Å²) in [7, 11) is 6.11. The maximum Gasteiger partial charge on any atom is 0.342 e. The Morgan fingerprint density at radius 3 is 1.43 bits per heavy atom. The maximum absolute atomic E-state index is 13.6. The number of carbonyl (C=O) groups is 2. The van der Waals surface area contributed by atoms with E-state index in [9.17, 15) is 9.59 Å². The molecule has 10 nitrogen and oxygen atoms in total. The molecule has 2 aromatic carbocycles. The summed E-state index contributed by atoms with van der Waals surface area (Å²) >= 11 is 0. The largest absolute Gasteiger partial charge is 0.497 e. The van der Waals surface area contributed by atoms with E-state index in [0.29, 0.717) is 40.5 Å². The van der Waals surface area contributed by atoms with Crippen LogP contribution in [0.1, 0.15) is 65.0 Å². The van der Waals surface area contributed by atoms with Crippen LogP contribution in [0.25, 0.3) is 0 Å². The number of esters is 2. The van der Waals surface area contributed by atoms with Gasteiger partial charge in [0, 0.05) is 23.3 Å². The summed E-state index contributed by atoms with van der Waals surface area (Å²) in [5, 5.41) is 0. The molecule has 0 radical (unpaired) electrons. The van der Waals surface area contributed by atoms with E-state index < -0.39 is 34.7 Å². The van der Waals surface area contributed by atoms with Crippen molar-refractivity contribution < 1.29 is 38.0 Å². The predicted molar refractivity (Wildman–Crippen MR) is 151 cm³/mol. The topological polar surface area (TPSA) is 142 Å². The van der Waals surface area contributed by atoms with Crippen molar-refractivity contribution in [1.29, 1.82) is 0 Å². The first-order chi connectivity index (χ1) is 18.6. The Kier molecular flexibility index (Phi) is 10.8. The molecule has 10 heteroatoms. The van der Waals surface area contributed by atoms with Crippen molar-refractivity contribution in [1.82, 2.24) is 0 Å². The summed E-state index contributed by atoms with van der Waals surface area (Å²) in [6.45, 7) is 8.79. The molecule has 0 aliphatic rings.